The minimum absolute atomic E-state index is 0.766. The quantitative estimate of drug-likeness (QED) is 0.881. The molecule has 0 unspecified atom stereocenters. The second-order valence-corrected chi connectivity index (χ2v) is 7.22. The first-order valence-electron chi connectivity index (χ1n) is 9.10. The Morgan fingerprint density at radius 3 is 2.46 bits per heavy atom. The van der Waals surface area contributed by atoms with Crippen LogP contribution in [0.4, 0.5) is 11.4 Å². The van der Waals surface area contributed by atoms with Gasteiger partial charge in [0.15, 0.2) is 0 Å². The van der Waals surface area contributed by atoms with Crippen LogP contribution in [-0.2, 0) is 11.2 Å². The van der Waals surface area contributed by atoms with Crippen LogP contribution in [0.15, 0.2) is 59.8 Å². The van der Waals surface area contributed by atoms with Crippen molar-refractivity contribution in [3.8, 4) is 0 Å². The van der Waals surface area contributed by atoms with E-state index >= 15 is 0 Å². The Kier molecular flexibility index (Phi) is 5.05. The first kappa shape index (κ1) is 17.3. The zero-order chi connectivity index (χ0) is 17.9. The molecular weight excluding hydrogens is 346 g/mol. The fourth-order valence-electron chi connectivity index (χ4n) is 3.60. The van der Waals surface area contributed by atoms with Gasteiger partial charge in [-0.25, -0.2) is 0 Å². The third-order valence-corrected chi connectivity index (χ3v) is 5.35. The van der Waals surface area contributed by atoms with E-state index in [1.54, 1.807) is 0 Å². The largest absolute Gasteiger partial charge is 0.378 e. The Balaban J connectivity index is 1.53. The molecule has 0 atom stereocenters. The molecule has 0 aromatic heterocycles. The highest BCUT2D eigenvalue weighted by Gasteiger charge is 2.22. The monoisotopic (exact) mass is 369 g/mol. The number of para-hydroxylation sites is 2. The van der Waals surface area contributed by atoms with Gasteiger partial charge in [-0.2, -0.15) is 0 Å². The van der Waals surface area contributed by atoms with Gasteiger partial charge in [-0.3, -0.25) is 5.01 Å². The van der Waals surface area contributed by atoms with Crippen molar-refractivity contribution in [1.29, 1.82) is 0 Å². The smallest absolute Gasteiger partial charge is 0.0761 e. The number of nitrogens with one attached hydrogen (secondary N) is 1. The first-order chi connectivity index (χ1) is 12.7. The minimum Gasteiger partial charge on any atom is -0.378 e. The summed E-state index contributed by atoms with van der Waals surface area (Å²) in [4.78, 5) is 2.43. The van der Waals surface area contributed by atoms with Crippen molar-refractivity contribution >= 4 is 23.0 Å². The molecule has 26 heavy (non-hydrogen) atoms. The number of benzene rings is 2. The maximum Gasteiger partial charge on any atom is 0.0761 e. The number of anilines is 2. The van der Waals surface area contributed by atoms with Crippen LogP contribution in [-0.4, -0.2) is 32.8 Å². The number of hydrogen-bond acceptors (Lipinski definition) is 4. The number of allylic oxidation sites excluding steroid dienone is 1. The van der Waals surface area contributed by atoms with Crippen LogP contribution in [0, 0.1) is 0 Å². The molecule has 1 saturated heterocycles. The van der Waals surface area contributed by atoms with E-state index in [2.05, 4.69) is 46.5 Å². The van der Waals surface area contributed by atoms with Gasteiger partial charge in [0.1, 0.15) is 0 Å². The first-order valence-corrected chi connectivity index (χ1v) is 9.48. The van der Waals surface area contributed by atoms with Gasteiger partial charge in [0, 0.05) is 30.9 Å². The fourth-order valence-corrected chi connectivity index (χ4v) is 3.84. The molecule has 2 aliphatic heterocycles. The molecule has 136 valence electrons. The van der Waals surface area contributed by atoms with Gasteiger partial charge in [-0.05, 0) is 36.3 Å². The van der Waals surface area contributed by atoms with E-state index in [1.165, 1.54) is 22.5 Å². The van der Waals surface area contributed by atoms with Crippen molar-refractivity contribution in [2.75, 3.05) is 42.8 Å². The summed E-state index contributed by atoms with van der Waals surface area (Å²) < 4.78 is 5.50. The highest BCUT2D eigenvalue weighted by Crippen LogP contribution is 2.30. The van der Waals surface area contributed by atoms with E-state index in [9.17, 15) is 0 Å². The predicted octanol–water partition coefficient (Wildman–Crippen LogP) is 4.02. The van der Waals surface area contributed by atoms with Crippen LogP contribution >= 0.6 is 11.6 Å². The fraction of sp³-hybridized carbons (Fsp3) is 0.333. The molecule has 0 spiro atoms. The molecule has 2 aromatic rings. The molecule has 2 aromatic carbocycles. The molecule has 2 heterocycles. The molecule has 0 aliphatic carbocycles. The molecule has 0 saturated carbocycles. The standard InChI is InChI=1S/C21H24ClN3O/c1-16-15-25(21-9-5-3-7-18(21)22)23-19(16)14-17-6-2-4-8-20(17)24-10-12-26-13-11-24/h2-9,23H,10-15H2,1H3. The number of rotatable bonds is 4. The lowest BCUT2D eigenvalue weighted by Crippen LogP contribution is -2.37. The van der Waals surface area contributed by atoms with Crippen molar-refractivity contribution in [2.45, 2.75) is 13.3 Å². The van der Waals surface area contributed by atoms with Crippen LogP contribution in [0.5, 0.6) is 0 Å². The molecular formula is C21H24ClN3O. The van der Waals surface area contributed by atoms with Gasteiger partial charge in [-0.15, -0.1) is 0 Å². The lowest BCUT2D eigenvalue weighted by Gasteiger charge is -2.31. The Bertz CT molecular complexity index is 814. The van der Waals surface area contributed by atoms with Gasteiger partial charge in [0.05, 0.1) is 30.5 Å². The molecule has 4 nitrogen and oxygen atoms in total. The van der Waals surface area contributed by atoms with E-state index in [1.807, 2.05) is 24.3 Å². The molecule has 0 radical (unpaired) electrons. The van der Waals surface area contributed by atoms with Crippen molar-refractivity contribution in [3.63, 3.8) is 0 Å². The number of morpholine rings is 1. The molecule has 1 N–H and O–H groups in total. The summed E-state index contributed by atoms with van der Waals surface area (Å²) in [5.74, 6) is 0. The number of hydrazine groups is 1. The lowest BCUT2D eigenvalue weighted by molar-refractivity contribution is 0.122. The van der Waals surface area contributed by atoms with Crippen molar-refractivity contribution in [1.82, 2.24) is 5.43 Å². The Morgan fingerprint density at radius 1 is 1.00 bits per heavy atom. The van der Waals surface area contributed by atoms with Gasteiger partial charge in [0.25, 0.3) is 0 Å². The number of nitrogens with zero attached hydrogens (tertiary/aromatic N) is 2. The Morgan fingerprint density at radius 2 is 1.69 bits per heavy atom. The number of ether oxygens (including phenoxy) is 1. The normalized spacial score (nSPS) is 17.6. The number of hydrogen-bond donors (Lipinski definition) is 1. The van der Waals surface area contributed by atoms with Crippen molar-refractivity contribution in [3.05, 3.63) is 70.4 Å². The zero-order valence-corrected chi connectivity index (χ0v) is 15.8. The van der Waals surface area contributed by atoms with Gasteiger partial charge in [0.2, 0.25) is 0 Å². The summed E-state index contributed by atoms with van der Waals surface area (Å²) in [6.07, 6.45) is 0.889. The summed E-state index contributed by atoms with van der Waals surface area (Å²) in [5.41, 5.74) is 9.84. The topological polar surface area (TPSA) is 27.7 Å². The summed E-state index contributed by atoms with van der Waals surface area (Å²) in [6.45, 7) is 6.54. The van der Waals surface area contributed by atoms with E-state index < -0.39 is 0 Å². The van der Waals surface area contributed by atoms with Gasteiger partial charge < -0.3 is 15.1 Å². The second kappa shape index (κ2) is 7.60. The van der Waals surface area contributed by atoms with Gasteiger partial charge in [-0.1, -0.05) is 41.9 Å². The maximum atomic E-state index is 6.37. The lowest BCUT2D eigenvalue weighted by atomic mass is 10.0. The minimum atomic E-state index is 0.766. The van der Waals surface area contributed by atoms with Crippen LogP contribution in [0.1, 0.15) is 12.5 Å². The summed E-state index contributed by atoms with van der Waals surface area (Å²) in [7, 11) is 0. The second-order valence-electron chi connectivity index (χ2n) is 6.81. The summed E-state index contributed by atoms with van der Waals surface area (Å²) in [6, 6.07) is 16.6. The molecule has 1 fully saturated rings. The molecule has 2 aliphatic rings. The van der Waals surface area contributed by atoms with Crippen LogP contribution in [0.25, 0.3) is 0 Å². The molecule has 4 rings (SSSR count). The SMILES string of the molecule is CC1=C(Cc2ccccc2N2CCOCC2)NN(c2ccccc2Cl)C1. The third kappa shape index (κ3) is 3.53. The van der Waals surface area contributed by atoms with Crippen LogP contribution in [0.3, 0.4) is 0 Å². The summed E-state index contributed by atoms with van der Waals surface area (Å²) >= 11 is 6.37. The van der Waals surface area contributed by atoms with E-state index in [0.717, 1.165) is 50.0 Å². The average molecular weight is 370 g/mol. The van der Waals surface area contributed by atoms with E-state index in [-0.39, 0.29) is 0 Å². The van der Waals surface area contributed by atoms with Crippen molar-refractivity contribution in [2.24, 2.45) is 0 Å². The van der Waals surface area contributed by atoms with E-state index in [4.69, 9.17) is 16.3 Å². The third-order valence-electron chi connectivity index (χ3n) is 5.03. The highest BCUT2D eigenvalue weighted by atomic mass is 35.5. The molecule has 0 bridgehead atoms. The Labute approximate surface area is 160 Å². The van der Waals surface area contributed by atoms with E-state index in [0.29, 0.717) is 0 Å². The van der Waals surface area contributed by atoms with Crippen LogP contribution in [0.2, 0.25) is 5.02 Å². The maximum absolute atomic E-state index is 6.37. The predicted molar refractivity (Wildman–Crippen MR) is 108 cm³/mol. The van der Waals surface area contributed by atoms with Gasteiger partial charge >= 0.3 is 0 Å². The number of halogens is 1. The van der Waals surface area contributed by atoms with Crippen LogP contribution < -0.4 is 15.3 Å². The average Bonchev–Trinajstić information content (AvgIpc) is 3.03. The summed E-state index contributed by atoms with van der Waals surface area (Å²) in [5, 5.41) is 2.90. The zero-order valence-electron chi connectivity index (χ0n) is 15.0. The van der Waals surface area contributed by atoms with Crippen molar-refractivity contribution < 1.29 is 4.74 Å². The highest BCUT2D eigenvalue weighted by molar-refractivity contribution is 6.33. The molecule has 0 amide bonds. The molecule has 5 heteroatoms. The Hall–Kier alpha value is -2.17.